The van der Waals surface area contributed by atoms with Crippen LogP contribution in [0.5, 0.6) is 0 Å². The number of piperidine rings is 1. The van der Waals surface area contributed by atoms with Crippen molar-refractivity contribution in [2.45, 2.75) is 50.3 Å². The zero-order valence-electron chi connectivity index (χ0n) is 17.8. The second-order valence-electron chi connectivity index (χ2n) is 8.46. The molecule has 32 heavy (non-hydrogen) atoms. The Morgan fingerprint density at radius 1 is 1.28 bits per heavy atom. The first-order valence-corrected chi connectivity index (χ1v) is 10.7. The lowest BCUT2D eigenvalue weighted by molar-refractivity contribution is -0.203. The van der Waals surface area contributed by atoms with Gasteiger partial charge in [0.2, 0.25) is 0 Å². The molecule has 0 saturated carbocycles. The molecule has 4 heterocycles. The number of carbonyl (C=O) groups is 1. The van der Waals surface area contributed by atoms with Crippen LogP contribution in [0.1, 0.15) is 24.8 Å². The van der Waals surface area contributed by atoms with Gasteiger partial charge in [0.15, 0.2) is 17.0 Å². The lowest BCUT2D eigenvalue weighted by Crippen LogP contribution is -2.49. The van der Waals surface area contributed by atoms with E-state index in [-0.39, 0.29) is 37.3 Å². The standard InChI is InChI=1S/C22H25N5O5/c1-25-13-23-19-18(25)20(28)26(14-24-19)12-22(30)10-16-17(32-22)8-5-9-27(16)21(29)31-11-15-6-3-2-4-7-15/h2-4,6-7,13-14,16-17,30H,5,8-12H2,1H3/t16-,17-,22?/m0/s1. The molecule has 10 heteroatoms. The normalized spacial score (nSPS) is 25.1. The van der Waals surface area contributed by atoms with Gasteiger partial charge in [0.25, 0.3) is 5.56 Å². The number of benzene rings is 1. The minimum Gasteiger partial charge on any atom is -0.445 e. The highest BCUT2D eigenvalue weighted by Crippen LogP contribution is 2.38. The van der Waals surface area contributed by atoms with E-state index in [1.165, 1.54) is 17.2 Å². The number of hydrogen-bond acceptors (Lipinski definition) is 7. The largest absolute Gasteiger partial charge is 0.445 e. The topological polar surface area (TPSA) is 112 Å². The van der Waals surface area contributed by atoms with E-state index in [4.69, 9.17) is 9.47 Å². The van der Waals surface area contributed by atoms with E-state index in [2.05, 4.69) is 9.97 Å². The molecule has 168 valence electrons. The third kappa shape index (κ3) is 3.76. The molecule has 10 nitrogen and oxygen atoms in total. The molecule has 2 aromatic heterocycles. The second-order valence-corrected chi connectivity index (χ2v) is 8.46. The highest BCUT2D eigenvalue weighted by atomic mass is 16.6. The third-order valence-corrected chi connectivity index (χ3v) is 6.17. The van der Waals surface area contributed by atoms with Gasteiger partial charge in [0.05, 0.1) is 25.0 Å². The van der Waals surface area contributed by atoms with Gasteiger partial charge in [-0.05, 0) is 18.4 Å². The van der Waals surface area contributed by atoms with Gasteiger partial charge in [-0.3, -0.25) is 9.36 Å². The highest BCUT2D eigenvalue weighted by molar-refractivity contribution is 5.69. The Morgan fingerprint density at radius 3 is 2.88 bits per heavy atom. The minimum absolute atomic E-state index is 0.0835. The van der Waals surface area contributed by atoms with E-state index in [0.717, 1.165) is 18.4 Å². The first-order valence-electron chi connectivity index (χ1n) is 10.7. The molecule has 2 aliphatic rings. The van der Waals surface area contributed by atoms with Gasteiger partial charge >= 0.3 is 6.09 Å². The second kappa shape index (κ2) is 8.03. The molecule has 1 aromatic carbocycles. The van der Waals surface area contributed by atoms with Gasteiger partial charge in [0, 0.05) is 20.0 Å². The van der Waals surface area contributed by atoms with E-state index < -0.39 is 11.9 Å². The predicted molar refractivity (Wildman–Crippen MR) is 114 cm³/mol. The quantitative estimate of drug-likeness (QED) is 0.654. The summed E-state index contributed by atoms with van der Waals surface area (Å²) >= 11 is 0. The van der Waals surface area contributed by atoms with Crippen molar-refractivity contribution in [1.82, 2.24) is 24.0 Å². The Morgan fingerprint density at radius 2 is 2.06 bits per heavy atom. The molecule has 0 bridgehead atoms. The number of hydrogen-bond donors (Lipinski definition) is 1. The number of aromatic nitrogens is 4. The van der Waals surface area contributed by atoms with Crippen LogP contribution >= 0.6 is 0 Å². The lowest BCUT2D eigenvalue weighted by atomic mass is 9.97. The molecule has 3 aromatic rings. The zero-order valence-corrected chi connectivity index (χ0v) is 17.8. The van der Waals surface area contributed by atoms with Crippen LogP contribution in [0.3, 0.4) is 0 Å². The van der Waals surface area contributed by atoms with E-state index in [1.54, 1.807) is 16.5 Å². The molecule has 5 rings (SSSR count). The summed E-state index contributed by atoms with van der Waals surface area (Å²) in [4.78, 5) is 35.6. The van der Waals surface area contributed by atoms with Crippen LogP contribution in [0, 0.1) is 0 Å². The fraction of sp³-hybridized carbons (Fsp3) is 0.455. The summed E-state index contributed by atoms with van der Waals surface area (Å²) in [6.07, 6.45) is 3.82. The number of aliphatic hydroxyl groups is 1. The summed E-state index contributed by atoms with van der Waals surface area (Å²) in [5, 5.41) is 11.2. The van der Waals surface area contributed by atoms with Gasteiger partial charge in [-0.15, -0.1) is 0 Å². The Hall–Kier alpha value is -3.24. The van der Waals surface area contributed by atoms with Crippen molar-refractivity contribution in [3.05, 3.63) is 58.9 Å². The number of aryl methyl sites for hydroxylation is 1. The fourth-order valence-corrected chi connectivity index (χ4v) is 4.64. The molecular weight excluding hydrogens is 414 g/mol. The molecule has 1 N–H and O–H groups in total. The van der Waals surface area contributed by atoms with E-state index >= 15 is 0 Å². The highest BCUT2D eigenvalue weighted by Gasteiger charge is 2.50. The van der Waals surface area contributed by atoms with E-state index in [1.807, 2.05) is 30.3 Å². The first-order chi connectivity index (χ1) is 15.4. The summed E-state index contributed by atoms with van der Waals surface area (Å²) in [6, 6.07) is 9.17. The number of fused-ring (bicyclic) bond motifs is 2. The SMILES string of the molecule is Cn1cnc2ncn(CC3(O)C[C@H]4[C@H](CCCN4C(=O)OCc4ccccc4)O3)c(=O)c21. The smallest absolute Gasteiger partial charge is 0.410 e. The van der Waals surface area contributed by atoms with Crippen molar-refractivity contribution in [3.63, 3.8) is 0 Å². The van der Waals surface area contributed by atoms with E-state index in [9.17, 15) is 14.7 Å². The van der Waals surface area contributed by atoms with Gasteiger partial charge in [0.1, 0.15) is 12.9 Å². The van der Waals surface area contributed by atoms with Crippen molar-refractivity contribution in [1.29, 1.82) is 0 Å². The summed E-state index contributed by atoms with van der Waals surface area (Å²) < 4.78 is 14.4. The van der Waals surface area contributed by atoms with Crippen LogP contribution in [0.15, 0.2) is 47.8 Å². The average Bonchev–Trinajstić information content (AvgIpc) is 3.34. The Kier molecular flexibility index (Phi) is 5.18. The van der Waals surface area contributed by atoms with Crippen molar-refractivity contribution in [2.24, 2.45) is 7.05 Å². The summed E-state index contributed by atoms with van der Waals surface area (Å²) in [7, 11) is 1.72. The third-order valence-electron chi connectivity index (χ3n) is 6.17. The number of carbonyl (C=O) groups excluding carboxylic acids is 1. The van der Waals surface area contributed by atoms with E-state index in [0.29, 0.717) is 17.7 Å². The van der Waals surface area contributed by atoms with Gasteiger partial charge in [-0.25, -0.2) is 14.8 Å². The van der Waals surface area contributed by atoms with Crippen molar-refractivity contribution in [2.75, 3.05) is 6.54 Å². The van der Waals surface area contributed by atoms with Crippen LogP contribution in [0.25, 0.3) is 11.2 Å². The number of ether oxygens (including phenoxy) is 2. The van der Waals surface area contributed by atoms with Crippen LogP contribution in [-0.4, -0.2) is 59.7 Å². The van der Waals surface area contributed by atoms with Gasteiger partial charge in [-0.2, -0.15) is 0 Å². The van der Waals surface area contributed by atoms with Crippen molar-refractivity contribution in [3.8, 4) is 0 Å². The maximum Gasteiger partial charge on any atom is 0.410 e. The maximum atomic E-state index is 12.9. The minimum atomic E-state index is -1.59. The van der Waals surface area contributed by atoms with Crippen LogP contribution in [0.2, 0.25) is 0 Å². The fourth-order valence-electron chi connectivity index (χ4n) is 4.64. The van der Waals surface area contributed by atoms with Crippen LogP contribution in [-0.2, 0) is 29.7 Å². The molecule has 3 atom stereocenters. The van der Waals surface area contributed by atoms with Gasteiger partial charge < -0.3 is 24.0 Å². The lowest BCUT2D eigenvalue weighted by Gasteiger charge is -2.35. The molecule has 0 spiro atoms. The molecule has 0 aliphatic carbocycles. The predicted octanol–water partition coefficient (Wildman–Crippen LogP) is 1.41. The summed E-state index contributed by atoms with van der Waals surface area (Å²) in [5.41, 5.74) is 1.32. The van der Waals surface area contributed by atoms with Gasteiger partial charge in [-0.1, -0.05) is 30.3 Å². The Balaban J connectivity index is 1.31. The molecular formula is C22H25N5O5. The Labute approximate surface area is 184 Å². The number of amides is 1. The van der Waals surface area contributed by atoms with Crippen molar-refractivity contribution >= 4 is 17.3 Å². The number of nitrogens with zero attached hydrogens (tertiary/aromatic N) is 5. The first kappa shape index (κ1) is 20.7. The summed E-state index contributed by atoms with van der Waals surface area (Å²) in [6.45, 7) is 0.640. The van der Waals surface area contributed by atoms with Crippen LogP contribution < -0.4 is 5.56 Å². The molecule has 2 saturated heterocycles. The number of imidazole rings is 1. The summed E-state index contributed by atoms with van der Waals surface area (Å²) in [5.74, 6) is -1.59. The maximum absolute atomic E-state index is 12.9. The molecule has 1 amide bonds. The molecule has 2 fully saturated rings. The molecule has 0 radical (unpaired) electrons. The molecule has 1 unspecified atom stereocenters. The monoisotopic (exact) mass is 439 g/mol. The Bertz CT molecular complexity index is 1190. The average molecular weight is 439 g/mol. The molecule has 2 aliphatic heterocycles. The van der Waals surface area contributed by atoms with Crippen LogP contribution in [0.4, 0.5) is 4.79 Å². The zero-order chi connectivity index (χ0) is 22.3. The number of likely N-dealkylation sites (tertiary alicyclic amines) is 1. The number of rotatable bonds is 4. The van der Waals surface area contributed by atoms with Crippen molar-refractivity contribution < 1.29 is 19.4 Å².